The Morgan fingerprint density at radius 1 is 1.03 bits per heavy atom. The lowest BCUT2D eigenvalue weighted by Gasteiger charge is -2.26. The van der Waals surface area contributed by atoms with E-state index in [4.69, 9.17) is 9.47 Å². The van der Waals surface area contributed by atoms with Gasteiger partial charge in [0.1, 0.15) is 12.4 Å². The molecule has 0 bridgehead atoms. The lowest BCUT2D eigenvalue weighted by molar-refractivity contribution is -0.140. The van der Waals surface area contributed by atoms with Crippen LogP contribution in [-0.2, 0) is 25.9 Å². The van der Waals surface area contributed by atoms with Crippen LogP contribution in [0.2, 0.25) is 0 Å². The fourth-order valence-corrected chi connectivity index (χ4v) is 5.85. The van der Waals surface area contributed by atoms with Crippen molar-refractivity contribution in [2.75, 3.05) is 12.9 Å². The Bertz CT molecular complexity index is 1150. The third-order valence-electron chi connectivity index (χ3n) is 5.11. The quantitative estimate of drug-likeness (QED) is 0.521. The molecule has 1 aliphatic rings. The molecule has 0 spiro atoms. The van der Waals surface area contributed by atoms with Gasteiger partial charge in [-0.25, -0.2) is 4.21 Å². The molecule has 0 saturated heterocycles. The number of benzene rings is 3. The van der Waals surface area contributed by atoms with Crippen LogP contribution in [-0.4, -0.2) is 23.0 Å². The van der Waals surface area contributed by atoms with Crippen molar-refractivity contribution in [3.05, 3.63) is 90.0 Å². The van der Waals surface area contributed by atoms with E-state index in [1.807, 2.05) is 78.9 Å². The largest absolute Gasteiger partial charge is 0.489 e. The summed E-state index contributed by atoms with van der Waals surface area (Å²) in [4.78, 5) is 12.7. The molecule has 1 unspecified atom stereocenters. The molecule has 1 heterocycles. The summed E-state index contributed by atoms with van der Waals surface area (Å²) in [6, 6.07) is 24.7. The molecule has 0 amide bonds. The first-order valence-corrected chi connectivity index (χ1v) is 11.4. The highest BCUT2D eigenvalue weighted by Crippen LogP contribution is 2.41. The maximum absolute atomic E-state index is 13.7. The summed E-state index contributed by atoms with van der Waals surface area (Å²) < 4.78 is 29.1. The van der Waals surface area contributed by atoms with Gasteiger partial charge in [-0.05, 0) is 41.5 Å². The van der Waals surface area contributed by atoms with E-state index in [0.29, 0.717) is 22.9 Å². The molecule has 5 nitrogen and oxygen atoms in total. The predicted octanol–water partition coefficient (Wildman–Crippen LogP) is 5.08. The molecule has 6 heteroatoms. The van der Waals surface area contributed by atoms with Crippen molar-refractivity contribution in [1.29, 1.82) is 0 Å². The number of methoxy groups -OCH3 is 1. The number of fused-ring (bicyclic) bond motifs is 1. The van der Waals surface area contributed by atoms with Crippen LogP contribution in [0.3, 0.4) is 0 Å². The normalized spacial score (nSPS) is 20.0. The van der Waals surface area contributed by atoms with E-state index in [-0.39, 0.29) is 24.1 Å². The zero-order valence-corrected chi connectivity index (χ0v) is 17.5. The molecular weight excluding hydrogens is 398 g/mol. The molecular formula is C24H23NO4S. The summed E-state index contributed by atoms with van der Waals surface area (Å²) in [5.74, 6) is 0.355. The van der Waals surface area contributed by atoms with Crippen molar-refractivity contribution in [2.24, 2.45) is 4.36 Å². The topological polar surface area (TPSA) is 65.0 Å². The van der Waals surface area contributed by atoms with Crippen LogP contribution < -0.4 is 4.74 Å². The highest BCUT2D eigenvalue weighted by molar-refractivity contribution is 7.93. The number of ether oxygens (including phenoxy) is 2. The fraction of sp³-hybridized carbons (Fsp3) is 0.208. The van der Waals surface area contributed by atoms with Crippen molar-refractivity contribution < 1.29 is 18.5 Å². The molecule has 2 atom stereocenters. The van der Waals surface area contributed by atoms with Gasteiger partial charge in [0, 0.05) is 16.6 Å². The summed E-state index contributed by atoms with van der Waals surface area (Å²) in [7, 11) is -1.31. The number of esters is 1. The molecule has 4 rings (SSSR count). The molecule has 154 valence electrons. The van der Waals surface area contributed by atoms with Gasteiger partial charge >= 0.3 is 5.97 Å². The molecule has 1 aliphatic heterocycles. The van der Waals surface area contributed by atoms with Gasteiger partial charge in [-0.15, -0.1) is 0 Å². The average molecular weight is 422 g/mol. The van der Waals surface area contributed by atoms with Gasteiger partial charge in [0.25, 0.3) is 0 Å². The Kier molecular flexibility index (Phi) is 5.86. The summed E-state index contributed by atoms with van der Waals surface area (Å²) in [6.07, 6.45) is 0.144. The Balaban J connectivity index is 1.69. The van der Waals surface area contributed by atoms with Gasteiger partial charge in [0.15, 0.2) is 0 Å². The van der Waals surface area contributed by atoms with Crippen molar-refractivity contribution in [2.45, 2.75) is 23.8 Å². The summed E-state index contributed by atoms with van der Waals surface area (Å²) in [6.45, 7) is 0.444. The van der Waals surface area contributed by atoms with Crippen LogP contribution in [0.15, 0.2) is 88.1 Å². The van der Waals surface area contributed by atoms with Gasteiger partial charge in [-0.2, -0.15) is 4.36 Å². The van der Waals surface area contributed by atoms with Crippen LogP contribution in [0.5, 0.6) is 5.75 Å². The maximum Gasteiger partial charge on any atom is 0.306 e. The lowest BCUT2D eigenvalue weighted by atomic mass is 9.95. The first-order chi connectivity index (χ1) is 14.6. The number of nitrogens with zero attached hydrogens (tertiary/aromatic N) is 1. The van der Waals surface area contributed by atoms with Crippen molar-refractivity contribution in [1.82, 2.24) is 0 Å². The first-order valence-electron chi connectivity index (χ1n) is 9.75. The van der Waals surface area contributed by atoms with Crippen LogP contribution in [0.4, 0.5) is 5.69 Å². The molecule has 0 aliphatic carbocycles. The van der Waals surface area contributed by atoms with Crippen LogP contribution >= 0.6 is 0 Å². The Morgan fingerprint density at radius 2 is 1.73 bits per heavy atom. The second-order valence-electron chi connectivity index (χ2n) is 7.18. The number of carbonyl (C=O) groups excluding carboxylic acids is 1. The van der Waals surface area contributed by atoms with Crippen LogP contribution in [0, 0.1) is 0 Å². The van der Waals surface area contributed by atoms with E-state index in [1.165, 1.54) is 7.11 Å². The van der Waals surface area contributed by atoms with E-state index in [1.54, 1.807) is 0 Å². The number of carbonyl (C=O) groups is 1. The Morgan fingerprint density at radius 3 is 2.43 bits per heavy atom. The molecule has 0 aromatic heterocycles. The van der Waals surface area contributed by atoms with Gasteiger partial charge in [-0.3, -0.25) is 4.79 Å². The summed E-state index contributed by atoms with van der Waals surface area (Å²) in [5.41, 5.74) is 2.56. The van der Waals surface area contributed by atoms with Gasteiger partial charge in [0.2, 0.25) is 0 Å². The van der Waals surface area contributed by atoms with E-state index in [9.17, 15) is 9.00 Å². The second kappa shape index (κ2) is 8.71. The Labute approximate surface area is 176 Å². The van der Waals surface area contributed by atoms with Gasteiger partial charge in [-0.1, -0.05) is 48.5 Å². The second-order valence-corrected chi connectivity index (χ2v) is 9.45. The molecule has 3 aromatic rings. The highest BCUT2D eigenvalue weighted by Gasteiger charge is 2.30. The predicted molar refractivity (Wildman–Crippen MR) is 116 cm³/mol. The molecule has 0 fully saturated rings. The highest BCUT2D eigenvalue weighted by atomic mass is 32.2. The fourth-order valence-electron chi connectivity index (χ4n) is 3.57. The van der Waals surface area contributed by atoms with Crippen molar-refractivity contribution in [3.63, 3.8) is 0 Å². The molecule has 30 heavy (non-hydrogen) atoms. The zero-order valence-electron chi connectivity index (χ0n) is 16.7. The first kappa shape index (κ1) is 20.2. The zero-order chi connectivity index (χ0) is 21.0. The van der Waals surface area contributed by atoms with E-state index in [0.717, 1.165) is 11.1 Å². The minimum atomic E-state index is -2.68. The molecule has 0 N–H and O–H groups in total. The lowest BCUT2D eigenvalue weighted by Crippen LogP contribution is -2.21. The minimum absolute atomic E-state index is 0.144. The van der Waals surface area contributed by atoms with E-state index < -0.39 is 9.73 Å². The maximum atomic E-state index is 13.7. The third kappa shape index (κ3) is 4.39. The molecule has 3 aromatic carbocycles. The smallest absolute Gasteiger partial charge is 0.306 e. The van der Waals surface area contributed by atoms with E-state index in [2.05, 4.69) is 4.36 Å². The summed E-state index contributed by atoms with van der Waals surface area (Å²) >= 11 is 0. The molecule has 0 radical (unpaired) electrons. The van der Waals surface area contributed by atoms with Crippen LogP contribution in [0.1, 0.15) is 23.5 Å². The number of hydrogen-bond acceptors (Lipinski definition) is 5. The van der Waals surface area contributed by atoms with Crippen molar-refractivity contribution >= 4 is 21.4 Å². The monoisotopic (exact) mass is 421 g/mol. The minimum Gasteiger partial charge on any atom is -0.489 e. The number of hydrogen-bond donors (Lipinski definition) is 0. The van der Waals surface area contributed by atoms with Gasteiger partial charge < -0.3 is 9.47 Å². The van der Waals surface area contributed by atoms with Crippen molar-refractivity contribution in [3.8, 4) is 5.75 Å². The van der Waals surface area contributed by atoms with Crippen LogP contribution in [0.25, 0.3) is 0 Å². The standard InChI is InChI=1S/C24H23NO4S/c1-28-24(26)14-19-17-30(27,21-10-6-3-7-11-21)25-23-13-12-20(15-22(19)23)29-16-18-8-4-2-5-9-18/h2-13,15,19H,14,16-17H2,1H3/t19-,30?/m1/s1. The Hall–Kier alpha value is -3.12. The van der Waals surface area contributed by atoms with Gasteiger partial charge in [0.05, 0.1) is 28.9 Å². The SMILES string of the molecule is COC(=O)C[C@@H]1CS(=O)(c2ccccc2)=Nc2ccc(OCc3ccccc3)cc21. The number of rotatable bonds is 6. The summed E-state index contributed by atoms with van der Waals surface area (Å²) in [5, 5.41) is 0. The molecule has 0 saturated carbocycles. The average Bonchev–Trinajstić information content (AvgIpc) is 2.79. The van der Waals surface area contributed by atoms with E-state index >= 15 is 0 Å². The third-order valence-corrected chi connectivity index (χ3v) is 7.47.